The van der Waals surface area contributed by atoms with E-state index in [-0.39, 0.29) is 0 Å². The largest absolute Gasteiger partial charge is 0.378 e. The zero-order chi connectivity index (χ0) is 24.8. The van der Waals surface area contributed by atoms with Crippen LogP contribution in [-0.4, -0.2) is 38.3 Å². The molecule has 0 aliphatic carbocycles. The normalized spacial score (nSPS) is 10.5. The second kappa shape index (κ2) is 10.7. The number of carbonyl (C=O) groups is 2. The Hall–Kier alpha value is -4.42. The molecule has 4 aromatic rings. The van der Waals surface area contributed by atoms with Crippen molar-refractivity contribution in [3.05, 3.63) is 114 Å². The molecule has 0 saturated heterocycles. The van der Waals surface area contributed by atoms with Crippen LogP contribution < -0.4 is 4.90 Å². The van der Waals surface area contributed by atoms with Gasteiger partial charge >= 0.3 is 11.9 Å². The van der Waals surface area contributed by atoms with Gasteiger partial charge in [-0.25, -0.2) is 9.63 Å². The molecular formula is C29H26N2O4. The topological polar surface area (TPSA) is 59.1 Å². The van der Waals surface area contributed by atoms with Crippen molar-refractivity contribution in [1.82, 2.24) is 5.23 Å². The summed E-state index contributed by atoms with van der Waals surface area (Å²) >= 11 is 0. The van der Waals surface area contributed by atoms with Crippen molar-refractivity contribution in [1.29, 1.82) is 0 Å². The minimum absolute atomic E-state index is 0.314. The molecule has 0 radical (unpaired) electrons. The van der Waals surface area contributed by atoms with E-state index in [2.05, 4.69) is 0 Å². The van der Waals surface area contributed by atoms with E-state index in [0.29, 0.717) is 21.9 Å². The van der Waals surface area contributed by atoms with Crippen LogP contribution in [0.4, 0.5) is 5.69 Å². The van der Waals surface area contributed by atoms with E-state index in [4.69, 9.17) is 9.68 Å². The van der Waals surface area contributed by atoms with Gasteiger partial charge in [0.1, 0.15) is 0 Å². The molecule has 1 amide bonds. The van der Waals surface area contributed by atoms with Crippen LogP contribution >= 0.6 is 0 Å². The van der Waals surface area contributed by atoms with Gasteiger partial charge in [0.2, 0.25) is 0 Å². The van der Waals surface area contributed by atoms with Gasteiger partial charge < -0.3 is 9.74 Å². The van der Waals surface area contributed by atoms with Gasteiger partial charge in [-0.15, -0.1) is 0 Å². The van der Waals surface area contributed by atoms with E-state index < -0.39 is 11.9 Å². The van der Waals surface area contributed by atoms with Gasteiger partial charge in [-0.3, -0.25) is 4.79 Å². The number of hydrogen-bond donors (Lipinski definition) is 0. The lowest BCUT2D eigenvalue weighted by Crippen LogP contribution is -2.33. The third-order valence-electron chi connectivity index (χ3n) is 5.58. The maximum Gasteiger partial charge on any atom is 0.366 e. The molecule has 4 aromatic carbocycles. The van der Waals surface area contributed by atoms with Gasteiger partial charge in [0.25, 0.3) is 0 Å². The van der Waals surface area contributed by atoms with Crippen molar-refractivity contribution in [3.8, 4) is 22.3 Å². The smallest absolute Gasteiger partial charge is 0.366 e. The highest BCUT2D eigenvalue weighted by atomic mass is 17.0. The number of carbonyl (C=O) groups excluding carboxylic acids is 2. The zero-order valence-electron chi connectivity index (χ0n) is 19.8. The van der Waals surface area contributed by atoms with Crippen LogP contribution in [0.5, 0.6) is 0 Å². The molecule has 0 aromatic heterocycles. The number of hydrogen-bond acceptors (Lipinski definition) is 5. The summed E-state index contributed by atoms with van der Waals surface area (Å²) in [7, 11) is 5.09. The van der Waals surface area contributed by atoms with Crippen LogP contribution in [0.2, 0.25) is 0 Å². The lowest BCUT2D eigenvalue weighted by Gasteiger charge is -2.20. The number of benzene rings is 4. The van der Waals surface area contributed by atoms with Crippen LogP contribution in [0.1, 0.15) is 20.7 Å². The monoisotopic (exact) mass is 466 g/mol. The van der Waals surface area contributed by atoms with E-state index in [1.165, 1.54) is 7.11 Å². The van der Waals surface area contributed by atoms with Crippen molar-refractivity contribution >= 4 is 17.6 Å². The predicted molar refractivity (Wildman–Crippen MR) is 137 cm³/mol. The molecule has 0 aliphatic rings. The minimum atomic E-state index is -0.705. The van der Waals surface area contributed by atoms with Crippen molar-refractivity contribution in [2.24, 2.45) is 0 Å². The quantitative estimate of drug-likeness (QED) is 0.333. The van der Waals surface area contributed by atoms with Gasteiger partial charge in [-0.2, -0.15) is 0 Å². The van der Waals surface area contributed by atoms with E-state index >= 15 is 0 Å². The SMILES string of the molecule is CON(OC(=O)c1ccccc1-c1ccccc1-c1ccccc1)C(=O)c1ccc(N(C)C)cc1. The first kappa shape index (κ1) is 23.7. The first-order valence-electron chi connectivity index (χ1n) is 11.1. The van der Waals surface area contributed by atoms with Gasteiger partial charge in [-0.1, -0.05) is 72.8 Å². The number of rotatable bonds is 6. The third kappa shape index (κ3) is 5.23. The summed E-state index contributed by atoms with van der Waals surface area (Å²) in [5.74, 6) is -1.29. The summed E-state index contributed by atoms with van der Waals surface area (Å²) in [5, 5.41) is 0.604. The first-order valence-corrected chi connectivity index (χ1v) is 11.1. The average molecular weight is 467 g/mol. The molecule has 6 nitrogen and oxygen atoms in total. The number of hydroxylamine groups is 2. The summed E-state index contributed by atoms with van der Waals surface area (Å²) in [4.78, 5) is 38.6. The van der Waals surface area contributed by atoms with E-state index in [9.17, 15) is 9.59 Å². The molecule has 0 unspecified atom stereocenters. The third-order valence-corrected chi connectivity index (χ3v) is 5.58. The van der Waals surface area contributed by atoms with E-state index in [1.54, 1.807) is 36.4 Å². The molecule has 6 heteroatoms. The highest BCUT2D eigenvalue weighted by Gasteiger charge is 2.24. The molecule has 0 N–H and O–H groups in total. The molecule has 35 heavy (non-hydrogen) atoms. The lowest BCUT2D eigenvalue weighted by molar-refractivity contribution is -0.277. The molecule has 0 saturated carbocycles. The highest BCUT2D eigenvalue weighted by molar-refractivity contribution is 6.01. The maximum atomic E-state index is 13.2. The molecule has 4 rings (SSSR count). The summed E-state index contributed by atoms with van der Waals surface area (Å²) in [5.41, 5.74) is 5.15. The Balaban J connectivity index is 1.63. The maximum absolute atomic E-state index is 13.2. The number of anilines is 1. The standard InChI is InChI=1S/C29H26N2O4/c1-30(2)23-19-17-22(18-20-23)28(32)31(34-3)35-29(33)27-16-10-9-15-26(27)25-14-8-7-13-24(25)21-11-5-4-6-12-21/h4-20H,1-3H3. The fourth-order valence-electron chi connectivity index (χ4n) is 3.78. The molecule has 176 valence electrons. The first-order chi connectivity index (χ1) is 17.0. The minimum Gasteiger partial charge on any atom is -0.378 e. The van der Waals surface area contributed by atoms with Gasteiger partial charge in [0.15, 0.2) is 0 Å². The van der Waals surface area contributed by atoms with Crippen LogP contribution in [0, 0.1) is 0 Å². The Morgan fingerprint density at radius 1 is 0.657 bits per heavy atom. The Morgan fingerprint density at radius 3 is 1.86 bits per heavy atom. The van der Waals surface area contributed by atoms with Gasteiger partial charge in [-0.05, 0) is 57.8 Å². The number of amides is 1. The fraction of sp³-hybridized carbons (Fsp3) is 0.103. The van der Waals surface area contributed by atoms with Gasteiger partial charge in [0.05, 0.1) is 12.7 Å². The van der Waals surface area contributed by atoms with E-state index in [0.717, 1.165) is 22.4 Å². The molecular weight excluding hydrogens is 440 g/mol. The summed E-state index contributed by atoms with van der Waals surface area (Å²) in [6.45, 7) is 0. The second-order valence-electron chi connectivity index (χ2n) is 8.02. The van der Waals surface area contributed by atoms with Crippen molar-refractivity contribution in [2.75, 3.05) is 26.1 Å². The lowest BCUT2D eigenvalue weighted by atomic mass is 9.92. The molecule has 0 bridgehead atoms. The Morgan fingerprint density at radius 2 is 1.23 bits per heavy atom. The number of nitrogens with zero attached hydrogens (tertiary/aromatic N) is 2. The van der Waals surface area contributed by atoms with Crippen molar-refractivity contribution in [3.63, 3.8) is 0 Å². The summed E-state index contributed by atoms with van der Waals surface area (Å²) < 4.78 is 0. The molecule has 0 spiro atoms. The Bertz CT molecular complexity index is 1320. The average Bonchev–Trinajstić information content (AvgIpc) is 2.91. The van der Waals surface area contributed by atoms with Crippen LogP contribution in [0.25, 0.3) is 22.3 Å². The molecule has 0 aliphatic heterocycles. The zero-order valence-corrected chi connectivity index (χ0v) is 19.8. The van der Waals surface area contributed by atoms with Crippen molar-refractivity contribution in [2.45, 2.75) is 0 Å². The Kier molecular flexibility index (Phi) is 7.24. The predicted octanol–water partition coefficient (Wildman–Crippen LogP) is 5.86. The summed E-state index contributed by atoms with van der Waals surface area (Å²) in [6, 6.07) is 31.9. The highest BCUT2D eigenvalue weighted by Crippen LogP contribution is 2.34. The van der Waals surface area contributed by atoms with E-state index in [1.807, 2.05) is 85.7 Å². The molecule has 0 atom stereocenters. The molecule has 0 heterocycles. The van der Waals surface area contributed by atoms with Crippen LogP contribution in [0.3, 0.4) is 0 Å². The Labute approximate surface area is 204 Å². The van der Waals surface area contributed by atoms with Crippen LogP contribution in [-0.2, 0) is 9.68 Å². The van der Waals surface area contributed by atoms with Gasteiger partial charge in [0, 0.05) is 25.3 Å². The van der Waals surface area contributed by atoms with Crippen LogP contribution in [0.15, 0.2) is 103 Å². The molecule has 0 fully saturated rings. The van der Waals surface area contributed by atoms with Crippen molar-refractivity contribution < 1.29 is 19.3 Å². The second-order valence-corrected chi connectivity index (χ2v) is 8.02. The summed E-state index contributed by atoms with van der Waals surface area (Å²) in [6.07, 6.45) is 0. The fourth-order valence-corrected chi connectivity index (χ4v) is 3.78.